The molecule has 2 aliphatic heterocycles. The molecule has 0 radical (unpaired) electrons. The number of carbonyl (C=O) groups excluding carboxylic acids is 1. The zero-order chi connectivity index (χ0) is 63.8. The second-order valence-corrected chi connectivity index (χ2v) is 27.5. The average Bonchev–Trinajstić information content (AvgIpc) is 1.84. The van der Waals surface area contributed by atoms with E-state index in [-0.39, 0.29) is 12.5 Å². The molecule has 2 saturated heterocycles. The lowest BCUT2D eigenvalue weighted by molar-refractivity contribution is -0.359. The molecule has 0 spiro atoms. The first kappa shape index (κ1) is 83.1. The molecule has 1 amide bonds. The zero-order valence-electron chi connectivity index (χ0n) is 57.3. The largest absolute Gasteiger partial charge is 0.394 e. The van der Waals surface area contributed by atoms with Crippen molar-refractivity contribution in [3.8, 4) is 0 Å². The number of carbonyl (C=O) groups is 1. The number of ether oxygens (including phenoxy) is 4. The Labute approximate surface area is 540 Å². The van der Waals surface area contributed by atoms with E-state index in [1.54, 1.807) is 0 Å². The van der Waals surface area contributed by atoms with Gasteiger partial charge in [-0.3, -0.25) is 4.79 Å². The van der Waals surface area contributed by atoms with Gasteiger partial charge in [0.15, 0.2) is 12.6 Å². The van der Waals surface area contributed by atoms with Crippen molar-refractivity contribution in [1.82, 2.24) is 5.32 Å². The molecule has 524 valence electrons. The Balaban J connectivity index is 1.58. The van der Waals surface area contributed by atoms with E-state index in [2.05, 4.69) is 19.2 Å². The number of nitrogens with one attached hydrogen (secondary N) is 1. The minimum atomic E-state index is -1.78. The lowest BCUT2D eigenvalue weighted by Crippen LogP contribution is -2.65. The van der Waals surface area contributed by atoms with Gasteiger partial charge in [-0.1, -0.05) is 354 Å². The monoisotopic (exact) mass is 1260 g/mol. The Bertz CT molecular complexity index is 1480. The maximum absolute atomic E-state index is 13.4. The van der Waals surface area contributed by atoms with Crippen LogP contribution >= 0.6 is 0 Å². The quantitative estimate of drug-likeness (QED) is 0.0259. The lowest BCUT2D eigenvalue weighted by Gasteiger charge is -2.46. The van der Waals surface area contributed by atoms with Gasteiger partial charge < -0.3 is 65.1 Å². The van der Waals surface area contributed by atoms with Gasteiger partial charge in [-0.05, 0) is 12.8 Å². The molecule has 0 bridgehead atoms. The number of hydrogen-bond acceptors (Lipinski definition) is 13. The fraction of sp³-hybridized carbons (Fsp3) is 0.986. The first-order chi connectivity index (χ1) is 43.1. The van der Waals surface area contributed by atoms with Crippen molar-refractivity contribution in [3.63, 3.8) is 0 Å². The molecule has 0 aliphatic carbocycles. The van der Waals surface area contributed by atoms with E-state index in [1.807, 2.05) is 0 Å². The third-order valence-electron chi connectivity index (χ3n) is 19.3. The molecule has 88 heavy (non-hydrogen) atoms. The molecule has 0 aromatic carbocycles. The van der Waals surface area contributed by atoms with Crippen LogP contribution in [0.2, 0.25) is 0 Å². The van der Waals surface area contributed by atoms with Gasteiger partial charge in [0.2, 0.25) is 5.91 Å². The van der Waals surface area contributed by atoms with E-state index >= 15 is 0 Å². The SMILES string of the molecule is CCCCCCCCCCCCCCCCCCCCCCCCCCCCCCCCCCCCCC(=O)NC(COC1OC(CO)C(OC2OC(CO)C(O)C(O)C2O)C(O)C1O)C(O)CCCCCCCCCCCCCCCCCCCCC. The van der Waals surface area contributed by atoms with Crippen molar-refractivity contribution < 1.29 is 64.6 Å². The first-order valence-electron chi connectivity index (χ1n) is 38.3. The van der Waals surface area contributed by atoms with Crippen LogP contribution in [0.1, 0.15) is 373 Å². The normalized spacial score (nSPS) is 23.0. The summed E-state index contributed by atoms with van der Waals surface area (Å²) < 4.78 is 22.9. The molecule has 12 unspecified atom stereocenters. The van der Waals surface area contributed by atoms with Crippen LogP contribution in [0.5, 0.6) is 0 Å². The minimum absolute atomic E-state index is 0.196. The van der Waals surface area contributed by atoms with Crippen molar-refractivity contribution in [2.24, 2.45) is 0 Å². The molecule has 2 heterocycles. The molecular formula is C74H145NO13. The van der Waals surface area contributed by atoms with Gasteiger partial charge in [0.25, 0.3) is 0 Å². The molecular weight excluding hydrogens is 1110 g/mol. The highest BCUT2D eigenvalue weighted by molar-refractivity contribution is 5.76. The fourth-order valence-electron chi connectivity index (χ4n) is 13.2. The molecule has 0 saturated carbocycles. The van der Waals surface area contributed by atoms with Crippen molar-refractivity contribution in [3.05, 3.63) is 0 Å². The Morgan fingerprint density at radius 1 is 0.364 bits per heavy atom. The Kier molecular flexibility index (Phi) is 56.4. The van der Waals surface area contributed by atoms with Crippen molar-refractivity contribution in [2.45, 2.75) is 447 Å². The zero-order valence-corrected chi connectivity index (χ0v) is 57.3. The number of rotatable bonds is 65. The van der Waals surface area contributed by atoms with Gasteiger partial charge >= 0.3 is 0 Å². The van der Waals surface area contributed by atoms with Crippen LogP contribution in [0, 0.1) is 0 Å². The highest BCUT2D eigenvalue weighted by Gasteiger charge is 2.51. The molecule has 14 nitrogen and oxygen atoms in total. The van der Waals surface area contributed by atoms with Crippen LogP contribution in [0.3, 0.4) is 0 Å². The second-order valence-electron chi connectivity index (χ2n) is 27.5. The number of hydrogen-bond donors (Lipinski definition) is 9. The van der Waals surface area contributed by atoms with E-state index in [0.29, 0.717) is 12.8 Å². The van der Waals surface area contributed by atoms with Crippen molar-refractivity contribution >= 4 is 5.91 Å². The number of amides is 1. The van der Waals surface area contributed by atoms with Crippen LogP contribution in [-0.2, 0) is 23.7 Å². The summed E-state index contributed by atoms with van der Waals surface area (Å²) in [6.45, 7) is 2.93. The molecule has 14 heteroatoms. The summed E-state index contributed by atoms with van der Waals surface area (Å²) in [5.74, 6) is -0.196. The summed E-state index contributed by atoms with van der Waals surface area (Å²) in [5, 5.41) is 87.7. The molecule has 0 aromatic heterocycles. The van der Waals surface area contributed by atoms with E-state index in [9.17, 15) is 45.6 Å². The molecule has 0 aromatic rings. The summed E-state index contributed by atoms with van der Waals surface area (Å²) in [5.41, 5.74) is 0. The molecule has 2 rings (SSSR count). The first-order valence-corrected chi connectivity index (χ1v) is 38.3. The van der Waals surface area contributed by atoms with E-state index < -0.39 is 86.8 Å². The van der Waals surface area contributed by atoms with Crippen LogP contribution in [-0.4, -0.2) is 140 Å². The number of unbranched alkanes of at least 4 members (excludes halogenated alkanes) is 52. The summed E-state index contributed by atoms with van der Waals surface area (Å²) in [6, 6.07) is -0.824. The standard InChI is InChI=1S/C74H145NO13/c1-3-5-7-9-11-13-15-17-19-21-23-24-25-26-27-28-29-30-31-32-33-34-35-36-37-38-40-42-44-46-48-50-52-54-56-58-66(79)75-62(63(78)57-55-53-51-49-47-45-43-41-39-22-20-18-16-14-12-10-8-6-4-2)61-85-73-71(84)69(82)72(65(60-77)87-73)88-74-70(83)68(81)67(80)64(59-76)86-74/h62-65,67-74,76-78,80-84H,3-61H2,1-2H3,(H,75,79). The van der Waals surface area contributed by atoms with Gasteiger partial charge in [-0.2, -0.15) is 0 Å². The third kappa shape index (κ3) is 43.1. The number of aliphatic hydroxyl groups is 8. The Morgan fingerprint density at radius 2 is 0.648 bits per heavy atom. The van der Waals surface area contributed by atoms with E-state index in [0.717, 1.165) is 51.4 Å². The van der Waals surface area contributed by atoms with Gasteiger partial charge in [0.05, 0.1) is 32.0 Å². The number of aliphatic hydroxyl groups excluding tert-OH is 8. The predicted molar refractivity (Wildman–Crippen MR) is 360 cm³/mol. The Morgan fingerprint density at radius 3 is 0.966 bits per heavy atom. The Hall–Kier alpha value is -1.01. The van der Waals surface area contributed by atoms with Crippen LogP contribution in [0.15, 0.2) is 0 Å². The van der Waals surface area contributed by atoms with Crippen LogP contribution < -0.4 is 5.32 Å². The predicted octanol–water partition coefficient (Wildman–Crippen LogP) is 16.4. The molecule has 9 N–H and O–H groups in total. The van der Waals surface area contributed by atoms with Gasteiger partial charge in [-0.15, -0.1) is 0 Å². The lowest BCUT2D eigenvalue weighted by atomic mass is 9.97. The molecule has 2 aliphatic rings. The van der Waals surface area contributed by atoms with Crippen LogP contribution in [0.25, 0.3) is 0 Å². The maximum Gasteiger partial charge on any atom is 0.220 e. The summed E-state index contributed by atoms with van der Waals surface area (Å²) >= 11 is 0. The molecule has 2 fully saturated rings. The minimum Gasteiger partial charge on any atom is -0.394 e. The highest BCUT2D eigenvalue weighted by Crippen LogP contribution is 2.30. The van der Waals surface area contributed by atoms with Crippen LogP contribution in [0.4, 0.5) is 0 Å². The smallest absolute Gasteiger partial charge is 0.220 e. The van der Waals surface area contributed by atoms with E-state index in [1.165, 1.54) is 295 Å². The summed E-state index contributed by atoms with van der Waals surface area (Å²) in [4.78, 5) is 13.4. The average molecular weight is 1260 g/mol. The van der Waals surface area contributed by atoms with E-state index in [4.69, 9.17) is 18.9 Å². The third-order valence-corrected chi connectivity index (χ3v) is 19.3. The topological polar surface area (TPSA) is 228 Å². The van der Waals surface area contributed by atoms with Gasteiger partial charge in [-0.25, -0.2) is 0 Å². The maximum atomic E-state index is 13.4. The second kappa shape index (κ2) is 59.7. The fourth-order valence-corrected chi connectivity index (χ4v) is 13.2. The van der Waals surface area contributed by atoms with Gasteiger partial charge in [0, 0.05) is 6.42 Å². The van der Waals surface area contributed by atoms with Gasteiger partial charge in [0.1, 0.15) is 48.8 Å². The van der Waals surface area contributed by atoms with Crippen molar-refractivity contribution in [1.29, 1.82) is 0 Å². The highest BCUT2D eigenvalue weighted by atomic mass is 16.7. The summed E-state index contributed by atoms with van der Waals surface area (Å²) in [6.07, 6.45) is 55.8. The van der Waals surface area contributed by atoms with Crippen molar-refractivity contribution in [2.75, 3.05) is 19.8 Å². The summed E-state index contributed by atoms with van der Waals surface area (Å²) in [7, 11) is 0. The molecule has 12 atom stereocenters.